The Balaban J connectivity index is 1.35. The van der Waals surface area contributed by atoms with E-state index in [2.05, 4.69) is 54.0 Å². The summed E-state index contributed by atoms with van der Waals surface area (Å²) >= 11 is 1.65. The van der Waals surface area contributed by atoms with Gasteiger partial charge >= 0.3 is 0 Å². The molecule has 1 N–H and O–H groups in total. The fourth-order valence-electron chi connectivity index (χ4n) is 3.09. The third-order valence-electron chi connectivity index (χ3n) is 4.30. The van der Waals surface area contributed by atoms with Crippen molar-refractivity contribution in [2.75, 3.05) is 20.9 Å². The molecule has 0 bridgehead atoms. The molecule has 6 heteroatoms. The monoisotopic (exact) mass is 381 g/mol. The van der Waals surface area contributed by atoms with E-state index in [1.165, 1.54) is 11.1 Å². The number of ether oxygens (including phenoxy) is 2. The summed E-state index contributed by atoms with van der Waals surface area (Å²) in [4.78, 5) is 6.93. The second-order valence-electron chi connectivity index (χ2n) is 6.87. The molecule has 0 saturated heterocycles. The normalized spacial score (nSPS) is 12.7. The standard InChI is InChI=1S/C21H23N3O2S/c1-24(2)12-16-5-3-4-15(8-16)10-22-11-18-13-27-21(23-18)17-6-7-19-20(9-17)26-14-25-19/h3-9,13,22H,10-12,14H2,1-2H3. The molecule has 27 heavy (non-hydrogen) atoms. The highest BCUT2D eigenvalue weighted by atomic mass is 32.1. The molecule has 0 amide bonds. The topological polar surface area (TPSA) is 46.6 Å². The van der Waals surface area contributed by atoms with E-state index in [1.54, 1.807) is 11.3 Å². The molecule has 5 nitrogen and oxygen atoms in total. The molecular weight excluding hydrogens is 358 g/mol. The van der Waals surface area contributed by atoms with Gasteiger partial charge in [-0.25, -0.2) is 4.98 Å². The lowest BCUT2D eigenvalue weighted by Crippen LogP contribution is -2.14. The summed E-state index contributed by atoms with van der Waals surface area (Å²) in [6, 6.07) is 14.7. The molecule has 140 valence electrons. The van der Waals surface area contributed by atoms with Crippen LogP contribution in [0.2, 0.25) is 0 Å². The number of hydrogen-bond donors (Lipinski definition) is 1. The fraction of sp³-hybridized carbons (Fsp3) is 0.286. The highest BCUT2D eigenvalue weighted by Crippen LogP contribution is 2.36. The van der Waals surface area contributed by atoms with Gasteiger partial charge in [0.15, 0.2) is 11.5 Å². The zero-order valence-corrected chi connectivity index (χ0v) is 16.4. The fourth-order valence-corrected chi connectivity index (χ4v) is 3.91. The third kappa shape index (κ3) is 4.47. The summed E-state index contributed by atoms with van der Waals surface area (Å²) in [6.45, 7) is 2.83. The molecule has 2 aromatic carbocycles. The Hall–Kier alpha value is -2.41. The van der Waals surface area contributed by atoms with Crippen molar-refractivity contribution in [2.24, 2.45) is 0 Å². The van der Waals surface area contributed by atoms with Crippen LogP contribution in [0.1, 0.15) is 16.8 Å². The molecule has 1 aliphatic heterocycles. The average molecular weight is 382 g/mol. The maximum absolute atomic E-state index is 5.45. The first-order valence-electron chi connectivity index (χ1n) is 8.95. The molecule has 0 unspecified atom stereocenters. The molecule has 0 atom stereocenters. The SMILES string of the molecule is CN(C)Cc1cccc(CNCc2csc(-c3ccc4c(c3)OCO4)n2)c1. The van der Waals surface area contributed by atoms with Crippen LogP contribution < -0.4 is 14.8 Å². The van der Waals surface area contributed by atoms with Gasteiger partial charge in [0.25, 0.3) is 0 Å². The summed E-state index contributed by atoms with van der Waals surface area (Å²) in [6.07, 6.45) is 0. The van der Waals surface area contributed by atoms with Crippen molar-refractivity contribution in [3.8, 4) is 22.1 Å². The van der Waals surface area contributed by atoms with Gasteiger partial charge in [0.05, 0.1) is 5.69 Å². The van der Waals surface area contributed by atoms with Crippen molar-refractivity contribution in [1.82, 2.24) is 15.2 Å². The maximum Gasteiger partial charge on any atom is 0.231 e. The quantitative estimate of drug-likeness (QED) is 0.673. The minimum atomic E-state index is 0.293. The summed E-state index contributed by atoms with van der Waals surface area (Å²) in [5, 5.41) is 6.60. The molecule has 0 radical (unpaired) electrons. The molecule has 0 aliphatic carbocycles. The molecule has 0 spiro atoms. The minimum Gasteiger partial charge on any atom is -0.454 e. The van der Waals surface area contributed by atoms with Crippen LogP contribution in [-0.4, -0.2) is 30.8 Å². The average Bonchev–Trinajstić information content (AvgIpc) is 3.30. The van der Waals surface area contributed by atoms with Gasteiger partial charge in [-0.15, -0.1) is 11.3 Å². The number of nitrogens with zero attached hydrogens (tertiary/aromatic N) is 2. The third-order valence-corrected chi connectivity index (χ3v) is 5.24. The molecule has 1 aromatic heterocycles. The lowest BCUT2D eigenvalue weighted by molar-refractivity contribution is 0.174. The van der Waals surface area contributed by atoms with Gasteiger partial charge in [-0.05, 0) is 43.4 Å². The highest BCUT2D eigenvalue weighted by molar-refractivity contribution is 7.13. The zero-order valence-electron chi connectivity index (χ0n) is 15.6. The largest absolute Gasteiger partial charge is 0.454 e. The first kappa shape index (κ1) is 18.0. The van der Waals surface area contributed by atoms with Crippen molar-refractivity contribution < 1.29 is 9.47 Å². The number of fused-ring (bicyclic) bond motifs is 1. The van der Waals surface area contributed by atoms with E-state index in [9.17, 15) is 0 Å². The van der Waals surface area contributed by atoms with E-state index in [0.717, 1.165) is 47.4 Å². The van der Waals surface area contributed by atoms with E-state index in [1.807, 2.05) is 18.2 Å². The second kappa shape index (κ2) is 8.08. The van der Waals surface area contributed by atoms with Crippen LogP contribution in [0, 0.1) is 0 Å². The Kier molecular flexibility index (Phi) is 5.38. The number of aromatic nitrogens is 1. The van der Waals surface area contributed by atoms with E-state index >= 15 is 0 Å². The van der Waals surface area contributed by atoms with Gasteiger partial charge in [0.1, 0.15) is 5.01 Å². The lowest BCUT2D eigenvalue weighted by atomic mass is 10.1. The molecule has 0 fully saturated rings. The second-order valence-corrected chi connectivity index (χ2v) is 7.73. The number of hydrogen-bond acceptors (Lipinski definition) is 6. The molecular formula is C21H23N3O2S. The molecule has 3 aromatic rings. The molecule has 1 aliphatic rings. The van der Waals surface area contributed by atoms with Crippen LogP contribution in [0.5, 0.6) is 11.5 Å². The first-order chi connectivity index (χ1) is 13.2. The van der Waals surface area contributed by atoms with E-state index in [0.29, 0.717) is 6.79 Å². The minimum absolute atomic E-state index is 0.293. The number of benzene rings is 2. The zero-order chi connectivity index (χ0) is 18.6. The van der Waals surface area contributed by atoms with Gasteiger partial charge in [-0.2, -0.15) is 0 Å². The van der Waals surface area contributed by atoms with Gasteiger partial charge in [0, 0.05) is 30.6 Å². The predicted molar refractivity (Wildman–Crippen MR) is 108 cm³/mol. The maximum atomic E-state index is 5.45. The van der Waals surface area contributed by atoms with Crippen LogP contribution in [0.25, 0.3) is 10.6 Å². The summed E-state index contributed by atoms with van der Waals surface area (Å²) < 4.78 is 10.8. The van der Waals surface area contributed by atoms with Gasteiger partial charge in [0.2, 0.25) is 6.79 Å². The van der Waals surface area contributed by atoms with Crippen LogP contribution in [0.15, 0.2) is 47.8 Å². The van der Waals surface area contributed by atoms with Crippen LogP contribution in [0.3, 0.4) is 0 Å². The van der Waals surface area contributed by atoms with Gasteiger partial charge < -0.3 is 19.7 Å². The Morgan fingerprint density at radius 3 is 2.78 bits per heavy atom. The Bertz CT molecular complexity index is 923. The summed E-state index contributed by atoms with van der Waals surface area (Å²) in [5.74, 6) is 1.59. The van der Waals surface area contributed by atoms with E-state index in [4.69, 9.17) is 14.5 Å². The van der Waals surface area contributed by atoms with Crippen LogP contribution in [0.4, 0.5) is 0 Å². The van der Waals surface area contributed by atoms with Crippen LogP contribution in [-0.2, 0) is 19.6 Å². The van der Waals surface area contributed by atoms with Crippen molar-refractivity contribution in [3.05, 3.63) is 64.7 Å². The van der Waals surface area contributed by atoms with E-state index in [-0.39, 0.29) is 0 Å². The number of nitrogens with one attached hydrogen (secondary N) is 1. The number of thiazole rings is 1. The van der Waals surface area contributed by atoms with Crippen molar-refractivity contribution in [2.45, 2.75) is 19.6 Å². The molecule has 4 rings (SSSR count). The summed E-state index contributed by atoms with van der Waals surface area (Å²) in [7, 11) is 4.18. The van der Waals surface area contributed by atoms with Crippen molar-refractivity contribution in [1.29, 1.82) is 0 Å². The van der Waals surface area contributed by atoms with Crippen molar-refractivity contribution in [3.63, 3.8) is 0 Å². The summed E-state index contributed by atoms with van der Waals surface area (Å²) in [5.41, 5.74) is 4.74. The predicted octanol–water partition coefficient (Wildman–Crippen LogP) is 3.89. The molecule has 2 heterocycles. The van der Waals surface area contributed by atoms with Gasteiger partial charge in [-0.3, -0.25) is 0 Å². The van der Waals surface area contributed by atoms with Gasteiger partial charge in [-0.1, -0.05) is 24.3 Å². The smallest absolute Gasteiger partial charge is 0.231 e. The lowest BCUT2D eigenvalue weighted by Gasteiger charge is -2.11. The Labute approximate surface area is 163 Å². The van der Waals surface area contributed by atoms with Crippen LogP contribution >= 0.6 is 11.3 Å². The first-order valence-corrected chi connectivity index (χ1v) is 9.83. The number of rotatable bonds is 7. The Morgan fingerprint density at radius 1 is 1.04 bits per heavy atom. The molecule has 0 saturated carbocycles. The van der Waals surface area contributed by atoms with E-state index < -0.39 is 0 Å². The Morgan fingerprint density at radius 2 is 1.89 bits per heavy atom. The van der Waals surface area contributed by atoms with Crippen molar-refractivity contribution >= 4 is 11.3 Å². The highest BCUT2D eigenvalue weighted by Gasteiger charge is 2.15.